The summed E-state index contributed by atoms with van der Waals surface area (Å²) < 4.78 is 7.71. The Morgan fingerprint density at radius 2 is 1.88 bits per heavy atom. The number of para-hydroxylation sites is 1. The molecule has 2 atom stereocenters. The largest absolute Gasteiger partial charge is 0.361 e. The van der Waals surface area contributed by atoms with E-state index in [1.807, 2.05) is 6.07 Å². The third-order valence-corrected chi connectivity index (χ3v) is 5.65. The number of nitrogens with zero attached hydrogens (tertiary/aromatic N) is 1. The smallest absolute Gasteiger partial charge is 0.281 e. The summed E-state index contributed by atoms with van der Waals surface area (Å²) >= 11 is 1.33. The number of ether oxygens (including phenoxy) is 1. The zero-order valence-corrected chi connectivity index (χ0v) is 14.8. The van der Waals surface area contributed by atoms with Crippen LogP contribution in [0, 0.1) is 0 Å². The average molecular weight is 352 g/mol. The number of benzene rings is 2. The van der Waals surface area contributed by atoms with Gasteiger partial charge >= 0.3 is 0 Å². The summed E-state index contributed by atoms with van der Waals surface area (Å²) in [6.45, 7) is 0.837. The molecular weight excluding hydrogens is 332 g/mol. The van der Waals surface area contributed by atoms with Crippen LogP contribution in [0.3, 0.4) is 0 Å². The van der Waals surface area contributed by atoms with Crippen LogP contribution in [0.15, 0.2) is 60.8 Å². The Hall–Kier alpha value is -2.24. The van der Waals surface area contributed by atoms with Gasteiger partial charge < -0.3 is 14.6 Å². The Bertz CT molecular complexity index is 891. The van der Waals surface area contributed by atoms with Crippen LogP contribution in [0.5, 0.6) is 0 Å². The second kappa shape index (κ2) is 6.94. The van der Waals surface area contributed by atoms with Crippen molar-refractivity contribution in [3.63, 3.8) is 0 Å². The molecule has 0 aliphatic carbocycles. The Morgan fingerprint density at radius 3 is 2.68 bits per heavy atom. The molecule has 2 unspecified atom stereocenters. The third-order valence-electron chi connectivity index (χ3n) is 4.60. The molecule has 128 valence electrons. The van der Waals surface area contributed by atoms with Crippen LogP contribution >= 0.6 is 11.8 Å². The number of carbonyl (C=O) groups is 1. The minimum atomic E-state index is -0.228. The molecule has 25 heavy (non-hydrogen) atoms. The topological polar surface area (TPSA) is 43.3 Å². The molecule has 1 aliphatic rings. The highest BCUT2D eigenvalue weighted by atomic mass is 32.2. The molecule has 0 radical (unpaired) electrons. The van der Waals surface area contributed by atoms with Crippen molar-refractivity contribution < 1.29 is 9.53 Å². The van der Waals surface area contributed by atoms with Crippen LogP contribution in [-0.4, -0.2) is 28.4 Å². The molecule has 1 aromatic heterocycles. The van der Waals surface area contributed by atoms with Crippen molar-refractivity contribution in [2.24, 2.45) is 0 Å². The highest BCUT2D eigenvalue weighted by Crippen LogP contribution is 2.31. The molecule has 4 nitrogen and oxygen atoms in total. The zero-order valence-electron chi connectivity index (χ0n) is 14.0. The molecule has 4 rings (SSSR count). The molecule has 3 aromatic rings. The number of carbonyl (C=O) groups excluding carboxylic acids is 1. The summed E-state index contributed by atoms with van der Waals surface area (Å²) in [4.78, 5) is 11.7. The molecule has 2 aromatic carbocycles. The average Bonchev–Trinajstić information content (AvgIpc) is 3.17. The molecule has 0 saturated carbocycles. The lowest BCUT2D eigenvalue weighted by molar-refractivity contribution is 0.0882. The molecule has 0 bridgehead atoms. The van der Waals surface area contributed by atoms with E-state index in [0.29, 0.717) is 0 Å². The van der Waals surface area contributed by atoms with E-state index in [9.17, 15) is 4.79 Å². The Kier molecular flexibility index (Phi) is 4.51. The number of aromatic nitrogens is 1. The van der Waals surface area contributed by atoms with Gasteiger partial charge in [-0.2, -0.15) is 0 Å². The quantitative estimate of drug-likeness (QED) is 0.754. The first-order valence-electron chi connectivity index (χ1n) is 8.35. The van der Waals surface area contributed by atoms with E-state index in [1.165, 1.54) is 33.8 Å². The molecular formula is C20H20N2O2S. The van der Waals surface area contributed by atoms with Gasteiger partial charge in [-0.05, 0) is 23.6 Å². The SMILES string of the molecule is COC1NC(=O)SC1Cc1cn(Cc2ccccc2)c2ccccc12. The van der Waals surface area contributed by atoms with Crippen LogP contribution in [0.4, 0.5) is 4.79 Å². The summed E-state index contributed by atoms with van der Waals surface area (Å²) in [6.07, 6.45) is 2.78. The number of thioether (sulfide) groups is 1. The van der Waals surface area contributed by atoms with Crippen molar-refractivity contribution in [3.05, 3.63) is 71.9 Å². The number of hydrogen-bond donors (Lipinski definition) is 1. The summed E-state index contributed by atoms with van der Waals surface area (Å²) in [5, 5.41) is 4.19. The fourth-order valence-electron chi connectivity index (χ4n) is 3.41. The normalized spacial score (nSPS) is 20.1. The maximum Gasteiger partial charge on any atom is 0.281 e. The van der Waals surface area contributed by atoms with Gasteiger partial charge in [0, 0.05) is 30.8 Å². The number of nitrogens with one attached hydrogen (secondary N) is 1. The molecule has 2 heterocycles. The molecule has 1 fully saturated rings. The number of rotatable bonds is 5. The van der Waals surface area contributed by atoms with Gasteiger partial charge in [0.2, 0.25) is 0 Å². The van der Waals surface area contributed by atoms with Crippen LogP contribution in [0.2, 0.25) is 0 Å². The molecule has 1 amide bonds. The fraction of sp³-hybridized carbons (Fsp3) is 0.250. The number of amides is 1. The van der Waals surface area contributed by atoms with E-state index in [1.54, 1.807) is 7.11 Å². The summed E-state index contributed by atoms with van der Waals surface area (Å²) in [7, 11) is 1.64. The van der Waals surface area contributed by atoms with Crippen LogP contribution < -0.4 is 5.32 Å². The summed E-state index contributed by atoms with van der Waals surface area (Å²) in [5.41, 5.74) is 3.75. The lowest BCUT2D eigenvalue weighted by Crippen LogP contribution is -2.33. The summed E-state index contributed by atoms with van der Waals surface area (Å²) in [6, 6.07) is 18.9. The standard InChI is InChI=1S/C20H20N2O2S/c1-24-19-18(25-20(23)21-19)11-15-13-22(12-14-7-3-2-4-8-14)17-10-6-5-9-16(15)17/h2-10,13,18-19H,11-12H2,1H3,(H,21,23). The Morgan fingerprint density at radius 1 is 1.12 bits per heavy atom. The van der Waals surface area contributed by atoms with Crippen molar-refractivity contribution in [3.8, 4) is 0 Å². The number of methoxy groups -OCH3 is 1. The molecule has 1 N–H and O–H groups in total. The minimum Gasteiger partial charge on any atom is -0.361 e. The molecule has 0 spiro atoms. The third kappa shape index (κ3) is 3.30. The maximum absolute atomic E-state index is 11.7. The molecule has 1 aliphatic heterocycles. The fourth-order valence-corrected chi connectivity index (χ4v) is 4.44. The highest BCUT2D eigenvalue weighted by molar-refractivity contribution is 8.14. The number of hydrogen-bond acceptors (Lipinski definition) is 3. The Labute approximate surface area is 151 Å². The molecule has 1 saturated heterocycles. The monoisotopic (exact) mass is 352 g/mol. The van der Waals surface area contributed by atoms with Crippen molar-refractivity contribution >= 4 is 27.9 Å². The van der Waals surface area contributed by atoms with E-state index in [0.717, 1.165) is 13.0 Å². The van der Waals surface area contributed by atoms with Crippen LogP contribution in [0.25, 0.3) is 10.9 Å². The van der Waals surface area contributed by atoms with Gasteiger partial charge in [-0.1, -0.05) is 60.3 Å². The highest BCUT2D eigenvalue weighted by Gasteiger charge is 2.34. The first kappa shape index (κ1) is 16.2. The molecule has 5 heteroatoms. The van der Waals surface area contributed by atoms with E-state index >= 15 is 0 Å². The van der Waals surface area contributed by atoms with E-state index in [2.05, 4.69) is 64.6 Å². The van der Waals surface area contributed by atoms with Gasteiger partial charge in [-0.15, -0.1) is 0 Å². The summed E-state index contributed by atoms with van der Waals surface area (Å²) in [5.74, 6) is 0. The predicted molar refractivity (Wildman–Crippen MR) is 102 cm³/mol. The first-order valence-corrected chi connectivity index (χ1v) is 9.23. The van der Waals surface area contributed by atoms with Gasteiger partial charge in [0.05, 0.1) is 5.25 Å². The van der Waals surface area contributed by atoms with Crippen molar-refractivity contribution in [2.45, 2.75) is 24.4 Å². The van der Waals surface area contributed by atoms with Gasteiger partial charge in [-0.3, -0.25) is 4.79 Å². The van der Waals surface area contributed by atoms with E-state index in [-0.39, 0.29) is 16.7 Å². The predicted octanol–water partition coefficient (Wildman–Crippen LogP) is 4.03. The zero-order chi connectivity index (χ0) is 17.2. The Balaban J connectivity index is 1.66. The van der Waals surface area contributed by atoms with Crippen molar-refractivity contribution in [1.29, 1.82) is 0 Å². The van der Waals surface area contributed by atoms with E-state index in [4.69, 9.17) is 4.74 Å². The van der Waals surface area contributed by atoms with Crippen molar-refractivity contribution in [2.75, 3.05) is 7.11 Å². The first-order chi connectivity index (χ1) is 12.2. The van der Waals surface area contributed by atoms with Gasteiger partial charge in [0.1, 0.15) is 6.23 Å². The lowest BCUT2D eigenvalue weighted by atomic mass is 10.1. The van der Waals surface area contributed by atoms with Gasteiger partial charge in [0.25, 0.3) is 5.24 Å². The minimum absolute atomic E-state index is 0.00938. The maximum atomic E-state index is 11.7. The van der Waals surface area contributed by atoms with Gasteiger partial charge in [0.15, 0.2) is 0 Å². The lowest BCUT2D eigenvalue weighted by Gasteiger charge is -2.15. The van der Waals surface area contributed by atoms with E-state index < -0.39 is 0 Å². The van der Waals surface area contributed by atoms with Crippen molar-refractivity contribution in [1.82, 2.24) is 9.88 Å². The number of fused-ring (bicyclic) bond motifs is 1. The van der Waals surface area contributed by atoms with Crippen LogP contribution in [-0.2, 0) is 17.7 Å². The second-order valence-corrected chi connectivity index (χ2v) is 7.45. The van der Waals surface area contributed by atoms with Crippen LogP contribution in [0.1, 0.15) is 11.1 Å². The second-order valence-electron chi connectivity index (χ2n) is 6.23. The van der Waals surface area contributed by atoms with Gasteiger partial charge in [-0.25, -0.2) is 0 Å².